The number of hydrogen-bond acceptors (Lipinski definition) is 4. The maximum atomic E-state index is 12.7. The van der Waals surface area contributed by atoms with E-state index in [4.69, 9.17) is 4.74 Å². The van der Waals surface area contributed by atoms with Crippen molar-refractivity contribution in [3.05, 3.63) is 70.7 Å². The maximum absolute atomic E-state index is 12.7. The summed E-state index contributed by atoms with van der Waals surface area (Å²) in [6.45, 7) is 1.40. The van der Waals surface area contributed by atoms with Gasteiger partial charge in [0.05, 0.1) is 27.8 Å². The molecular formula is C19H15BrINO4S. The van der Waals surface area contributed by atoms with Gasteiger partial charge in [0.2, 0.25) is 0 Å². The van der Waals surface area contributed by atoms with Crippen LogP contribution in [0.4, 0.5) is 0 Å². The normalized spacial score (nSPS) is 11.4. The molecule has 3 rings (SSSR count). The molecule has 0 fully saturated rings. The predicted octanol–water partition coefficient (Wildman–Crippen LogP) is 4.86. The Morgan fingerprint density at radius 1 is 1.07 bits per heavy atom. The van der Waals surface area contributed by atoms with E-state index in [0.717, 1.165) is 16.3 Å². The number of sulfonamides is 1. The van der Waals surface area contributed by atoms with Crippen molar-refractivity contribution in [3.8, 4) is 5.75 Å². The van der Waals surface area contributed by atoms with Crippen LogP contribution < -0.4 is 4.74 Å². The van der Waals surface area contributed by atoms with Crippen molar-refractivity contribution in [2.24, 2.45) is 0 Å². The SMILES string of the molecule is Cc1cc(Br)cc(S(=O)(=O)N(I)C(=O)COc2ccc3ccccc3c2)c1. The summed E-state index contributed by atoms with van der Waals surface area (Å²) in [5.41, 5.74) is 0.771. The topological polar surface area (TPSA) is 63.7 Å². The third kappa shape index (κ3) is 4.61. The summed E-state index contributed by atoms with van der Waals surface area (Å²) in [6, 6.07) is 18.0. The molecule has 0 bridgehead atoms. The van der Waals surface area contributed by atoms with E-state index in [1.165, 1.54) is 35.0 Å². The van der Waals surface area contributed by atoms with Gasteiger partial charge >= 0.3 is 0 Å². The van der Waals surface area contributed by atoms with Gasteiger partial charge in [0.25, 0.3) is 15.9 Å². The molecule has 0 atom stereocenters. The average molecular weight is 560 g/mol. The van der Waals surface area contributed by atoms with Crippen molar-refractivity contribution in [1.82, 2.24) is 2.52 Å². The van der Waals surface area contributed by atoms with Gasteiger partial charge in [0.1, 0.15) is 5.75 Å². The van der Waals surface area contributed by atoms with Gasteiger partial charge in [-0.25, -0.2) is 8.42 Å². The van der Waals surface area contributed by atoms with Crippen LogP contribution in [0.2, 0.25) is 0 Å². The van der Waals surface area contributed by atoms with E-state index in [0.29, 0.717) is 12.7 Å². The molecule has 140 valence electrons. The zero-order chi connectivity index (χ0) is 19.6. The highest BCUT2D eigenvalue weighted by Crippen LogP contribution is 2.25. The Balaban J connectivity index is 1.74. The van der Waals surface area contributed by atoms with E-state index in [1.54, 1.807) is 19.1 Å². The Labute approximate surface area is 180 Å². The molecular weight excluding hydrogens is 545 g/mol. The monoisotopic (exact) mass is 559 g/mol. The van der Waals surface area contributed by atoms with Crippen LogP contribution in [0.3, 0.4) is 0 Å². The van der Waals surface area contributed by atoms with Crippen LogP contribution in [0, 0.1) is 6.92 Å². The van der Waals surface area contributed by atoms with Gasteiger partial charge < -0.3 is 4.74 Å². The number of carbonyl (C=O) groups excluding carboxylic acids is 1. The van der Waals surface area contributed by atoms with Crippen LogP contribution in [0.25, 0.3) is 10.8 Å². The summed E-state index contributed by atoms with van der Waals surface area (Å²) in [4.78, 5) is 12.4. The van der Waals surface area contributed by atoms with Crippen molar-refractivity contribution in [3.63, 3.8) is 0 Å². The van der Waals surface area contributed by atoms with Crippen molar-refractivity contribution in [2.45, 2.75) is 11.8 Å². The van der Waals surface area contributed by atoms with Gasteiger partial charge in [-0.3, -0.25) is 4.79 Å². The predicted molar refractivity (Wildman–Crippen MR) is 116 cm³/mol. The number of nitrogens with zero attached hydrogens (tertiary/aromatic N) is 1. The minimum Gasteiger partial charge on any atom is -0.484 e. The highest BCUT2D eigenvalue weighted by Gasteiger charge is 2.28. The van der Waals surface area contributed by atoms with Crippen molar-refractivity contribution in [2.75, 3.05) is 6.61 Å². The minimum atomic E-state index is -3.96. The summed E-state index contributed by atoms with van der Waals surface area (Å²) in [5.74, 6) is -0.163. The van der Waals surface area contributed by atoms with Gasteiger partial charge in [-0.05, 0) is 53.6 Å². The number of aryl methyl sites for hydroxylation is 1. The van der Waals surface area contributed by atoms with Crippen LogP contribution in [0.15, 0.2) is 70.0 Å². The van der Waals surface area contributed by atoms with E-state index in [1.807, 2.05) is 36.4 Å². The summed E-state index contributed by atoms with van der Waals surface area (Å²) in [7, 11) is -3.96. The number of halogens is 2. The van der Waals surface area contributed by atoms with E-state index in [-0.39, 0.29) is 11.5 Å². The lowest BCUT2D eigenvalue weighted by Crippen LogP contribution is -2.32. The van der Waals surface area contributed by atoms with Gasteiger partial charge in [0, 0.05) is 4.47 Å². The third-order valence-electron chi connectivity index (χ3n) is 3.80. The van der Waals surface area contributed by atoms with Crippen molar-refractivity contribution < 1.29 is 17.9 Å². The average Bonchev–Trinajstić information content (AvgIpc) is 2.64. The number of fused-ring (bicyclic) bond motifs is 1. The lowest BCUT2D eigenvalue weighted by molar-refractivity contribution is -0.124. The quantitative estimate of drug-likeness (QED) is 0.331. The summed E-state index contributed by atoms with van der Waals surface area (Å²) < 4.78 is 32.2. The highest BCUT2D eigenvalue weighted by molar-refractivity contribution is 14.1. The Morgan fingerprint density at radius 3 is 2.48 bits per heavy atom. The second kappa shape index (κ2) is 8.15. The van der Waals surface area contributed by atoms with Crippen molar-refractivity contribution in [1.29, 1.82) is 0 Å². The third-order valence-corrected chi connectivity index (χ3v) is 7.81. The lowest BCUT2D eigenvalue weighted by atomic mass is 10.1. The smallest absolute Gasteiger partial charge is 0.283 e. The number of hydrogen-bond donors (Lipinski definition) is 0. The second-order valence-electron chi connectivity index (χ2n) is 5.88. The molecule has 0 heterocycles. The molecule has 0 aliphatic carbocycles. The van der Waals surface area contributed by atoms with Gasteiger partial charge in [0.15, 0.2) is 6.61 Å². The molecule has 0 saturated heterocycles. The van der Waals surface area contributed by atoms with Crippen LogP contribution >= 0.6 is 38.8 Å². The minimum absolute atomic E-state index is 0.0443. The summed E-state index contributed by atoms with van der Waals surface area (Å²) in [5, 5.41) is 2.03. The molecule has 8 heteroatoms. The van der Waals surface area contributed by atoms with Crippen LogP contribution in [-0.4, -0.2) is 23.5 Å². The van der Waals surface area contributed by atoms with Crippen molar-refractivity contribution >= 4 is 65.5 Å². The number of benzene rings is 3. The highest BCUT2D eigenvalue weighted by atomic mass is 127. The summed E-state index contributed by atoms with van der Waals surface area (Å²) >= 11 is 4.77. The van der Waals surface area contributed by atoms with E-state index >= 15 is 0 Å². The van der Waals surface area contributed by atoms with E-state index in [9.17, 15) is 13.2 Å². The first-order chi connectivity index (χ1) is 12.8. The first kappa shape index (κ1) is 20.1. The molecule has 0 aliphatic heterocycles. The number of rotatable bonds is 5. The molecule has 0 aromatic heterocycles. The molecule has 5 nitrogen and oxygen atoms in total. The van der Waals surface area contributed by atoms with Gasteiger partial charge in [-0.2, -0.15) is 2.52 Å². The first-order valence-corrected chi connectivity index (χ1v) is 11.1. The zero-order valence-corrected chi connectivity index (χ0v) is 18.8. The second-order valence-corrected chi connectivity index (χ2v) is 10.2. The standard InChI is InChI=1S/C19H15BrINO4S/c1-13-8-16(20)11-18(9-13)27(24,25)22(21)19(23)12-26-17-7-6-14-4-2-3-5-15(14)10-17/h2-11H,12H2,1H3. The Kier molecular flexibility index (Phi) is 6.07. The fourth-order valence-electron chi connectivity index (χ4n) is 2.53. The Bertz CT molecular complexity index is 1100. The van der Waals surface area contributed by atoms with Crippen LogP contribution in [0.1, 0.15) is 5.56 Å². The molecule has 0 saturated carbocycles. The largest absolute Gasteiger partial charge is 0.484 e. The van der Waals surface area contributed by atoms with Crippen LogP contribution in [-0.2, 0) is 14.8 Å². The molecule has 0 spiro atoms. The Morgan fingerprint density at radius 2 is 1.78 bits per heavy atom. The first-order valence-electron chi connectivity index (χ1n) is 7.90. The van der Waals surface area contributed by atoms with Gasteiger partial charge in [-0.15, -0.1) is 0 Å². The lowest BCUT2D eigenvalue weighted by Gasteiger charge is -2.16. The van der Waals surface area contributed by atoms with E-state index < -0.39 is 15.9 Å². The zero-order valence-electron chi connectivity index (χ0n) is 14.2. The Hall–Kier alpha value is -1.65. The fraction of sp³-hybridized carbons (Fsp3) is 0.105. The molecule has 1 amide bonds. The number of carbonyl (C=O) groups is 1. The molecule has 0 radical (unpaired) electrons. The molecule has 27 heavy (non-hydrogen) atoms. The molecule has 0 N–H and O–H groups in total. The number of amides is 1. The molecule has 0 unspecified atom stereocenters. The molecule has 3 aromatic carbocycles. The maximum Gasteiger partial charge on any atom is 0.283 e. The fourth-order valence-corrected chi connectivity index (χ4v) is 5.23. The molecule has 0 aliphatic rings. The van der Waals surface area contributed by atoms with Gasteiger partial charge in [-0.1, -0.05) is 46.3 Å². The molecule has 3 aromatic rings. The van der Waals surface area contributed by atoms with Crippen LogP contribution in [0.5, 0.6) is 5.75 Å². The summed E-state index contributed by atoms with van der Waals surface area (Å²) in [6.07, 6.45) is 0. The number of ether oxygens (including phenoxy) is 1. The van der Waals surface area contributed by atoms with E-state index in [2.05, 4.69) is 15.9 Å².